The van der Waals surface area contributed by atoms with E-state index in [9.17, 15) is 10.1 Å². The number of benzene rings is 2. The number of H-pyrrole nitrogens is 1. The van der Waals surface area contributed by atoms with Crippen molar-refractivity contribution in [1.29, 1.82) is 5.26 Å². The second-order valence-corrected chi connectivity index (χ2v) is 6.23. The van der Waals surface area contributed by atoms with Crippen LogP contribution in [0.4, 0.5) is 5.69 Å². The van der Waals surface area contributed by atoms with E-state index in [4.69, 9.17) is 0 Å². The molecule has 0 aliphatic heterocycles. The molecule has 2 aromatic carbocycles. The summed E-state index contributed by atoms with van der Waals surface area (Å²) in [7, 11) is 0. The average molecular weight is 315 g/mol. The molecule has 0 spiro atoms. The maximum Gasteiger partial charge on any atom is 0.227 e. The van der Waals surface area contributed by atoms with E-state index < -0.39 is 0 Å². The van der Waals surface area contributed by atoms with Crippen LogP contribution >= 0.6 is 0 Å². The predicted octanol–water partition coefficient (Wildman–Crippen LogP) is 4.45. The Hall–Kier alpha value is -3.06. The molecule has 4 rings (SSSR count). The van der Waals surface area contributed by atoms with Gasteiger partial charge in [0.2, 0.25) is 5.91 Å². The summed E-state index contributed by atoms with van der Waals surface area (Å²) >= 11 is 0. The number of nitrogens with one attached hydrogen (secondary N) is 2. The first-order chi connectivity index (χ1) is 11.8. The number of nitrogens with zero attached hydrogens (tertiary/aromatic N) is 1. The summed E-state index contributed by atoms with van der Waals surface area (Å²) in [6.07, 6.45) is 3.13. The molecule has 4 heteroatoms. The molecule has 0 unspecified atom stereocenters. The van der Waals surface area contributed by atoms with Gasteiger partial charge in [0.25, 0.3) is 0 Å². The number of amides is 1. The number of rotatable bonds is 3. The standard InChI is InChI=1S/C20H17N3O/c21-12-17-16-6-1-2-7-18(16)23-19(17)13-8-10-15(11-9-13)22-20(24)14-4-3-5-14/h1-2,6-11,14,23H,3-5H2,(H,22,24). The van der Waals surface area contributed by atoms with Gasteiger partial charge in [0.05, 0.1) is 11.3 Å². The quantitative estimate of drug-likeness (QED) is 0.750. The van der Waals surface area contributed by atoms with Gasteiger partial charge in [-0.25, -0.2) is 0 Å². The zero-order chi connectivity index (χ0) is 16.5. The van der Waals surface area contributed by atoms with Gasteiger partial charge in [0.15, 0.2) is 0 Å². The summed E-state index contributed by atoms with van der Waals surface area (Å²) in [4.78, 5) is 15.3. The molecule has 0 saturated heterocycles. The van der Waals surface area contributed by atoms with Gasteiger partial charge >= 0.3 is 0 Å². The molecule has 1 aromatic heterocycles. The lowest BCUT2D eigenvalue weighted by Crippen LogP contribution is -2.27. The van der Waals surface area contributed by atoms with E-state index in [1.54, 1.807) is 0 Å². The van der Waals surface area contributed by atoms with Crippen LogP contribution in [-0.2, 0) is 4.79 Å². The van der Waals surface area contributed by atoms with Crippen LogP contribution in [0.1, 0.15) is 24.8 Å². The molecule has 0 atom stereocenters. The van der Waals surface area contributed by atoms with E-state index in [1.807, 2.05) is 48.5 Å². The number of nitriles is 1. The Labute approximate surface area is 140 Å². The number of hydrogen-bond acceptors (Lipinski definition) is 2. The van der Waals surface area contributed by atoms with Crippen molar-refractivity contribution >= 4 is 22.5 Å². The number of anilines is 1. The van der Waals surface area contributed by atoms with Crippen molar-refractivity contribution in [3.05, 3.63) is 54.1 Å². The van der Waals surface area contributed by atoms with Gasteiger partial charge in [0, 0.05) is 22.5 Å². The molecular weight excluding hydrogens is 298 g/mol. The minimum Gasteiger partial charge on any atom is -0.353 e. The van der Waals surface area contributed by atoms with E-state index in [0.29, 0.717) is 5.56 Å². The van der Waals surface area contributed by atoms with E-state index in [0.717, 1.165) is 47.1 Å². The maximum absolute atomic E-state index is 12.0. The minimum atomic E-state index is 0.109. The molecule has 0 radical (unpaired) electrons. The lowest BCUT2D eigenvalue weighted by atomic mass is 9.85. The van der Waals surface area contributed by atoms with Crippen LogP contribution in [0.3, 0.4) is 0 Å². The summed E-state index contributed by atoms with van der Waals surface area (Å²) < 4.78 is 0. The highest BCUT2D eigenvalue weighted by atomic mass is 16.1. The van der Waals surface area contributed by atoms with Gasteiger partial charge in [0.1, 0.15) is 6.07 Å². The van der Waals surface area contributed by atoms with Crippen molar-refractivity contribution in [3.63, 3.8) is 0 Å². The maximum atomic E-state index is 12.0. The predicted molar refractivity (Wildman–Crippen MR) is 94.4 cm³/mol. The SMILES string of the molecule is N#Cc1c(-c2ccc(NC(=O)C3CCC3)cc2)[nH]c2ccccc12. The van der Waals surface area contributed by atoms with Crippen LogP contribution in [0, 0.1) is 17.2 Å². The third kappa shape index (κ3) is 2.44. The third-order valence-electron chi connectivity index (χ3n) is 4.73. The Bertz CT molecular complexity index is 943. The van der Waals surface area contributed by atoms with Crippen molar-refractivity contribution in [3.8, 4) is 17.3 Å². The Morgan fingerprint density at radius 1 is 1.12 bits per heavy atom. The molecular formula is C20H17N3O. The highest BCUT2D eigenvalue weighted by molar-refractivity contribution is 5.95. The molecule has 1 aliphatic rings. The highest BCUT2D eigenvalue weighted by Crippen LogP contribution is 2.31. The zero-order valence-corrected chi connectivity index (χ0v) is 13.2. The smallest absolute Gasteiger partial charge is 0.227 e. The fourth-order valence-corrected chi connectivity index (χ4v) is 3.11. The molecule has 1 heterocycles. The topological polar surface area (TPSA) is 68.7 Å². The van der Waals surface area contributed by atoms with Gasteiger partial charge in [-0.2, -0.15) is 5.26 Å². The van der Waals surface area contributed by atoms with Crippen molar-refractivity contribution in [1.82, 2.24) is 4.98 Å². The Morgan fingerprint density at radius 2 is 1.88 bits per heavy atom. The number of fused-ring (bicyclic) bond motifs is 1. The summed E-state index contributed by atoms with van der Waals surface area (Å²) in [5.41, 5.74) is 4.15. The molecule has 1 fully saturated rings. The van der Waals surface area contributed by atoms with Crippen molar-refractivity contribution < 1.29 is 4.79 Å². The van der Waals surface area contributed by atoms with Crippen LogP contribution in [0.15, 0.2) is 48.5 Å². The number of aromatic amines is 1. The Kier molecular flexibility index (Phi) is 3.55. The van der Waals surface area contributed by atoms with Gasteiger partial charge in [-0.3, -0.25) is 4.79 Å². The normalized spacial score (nSPS) is 14.1. The van der Waals surface area contributed by atoms with E-state index in [1.165, 1.54) is 0 Å². The molecule has 4 nitrogen and oxygen atoms in total. The van der Waals surface area contributed by atoms with Crippen LogP contribution in [0.5, 0.6) is 0 Å². The van der Waals surface area contributed by atoms with Crippen LogP contribution < -0.4 is 5.32 Å². The largest absolute Gasteiger partial charge is 0.353 e. The van der Waals surface area contributed by atoms with E-state index >= 15 is 0 Å². The Balaban J connectivity index is 1.63. The number of hydrogen-bond donors (Lipinski definition) is 2. The Morgan fingerprint density at radius 3 is 2.54 bits per heavy atom. The molecule has 1 saturated carbocycles. The monoisotopic (exact) mass is 315 g/mol. The van der Waals surface area contributed by atoms with E-state index in [-0.39, 0.29) is 11.8 Å². The second kappa shape index (κ2) is 5.86. The molecule has 24 heavy (non-hydrogen) atoms. The second-order valence-electron chi connectivity index (χ2n) is 6.23. The summed E-state index contributed by atoms with van der Waals surface area (Å²) in [6.45, 7) is 0. The first-order valence-corrected chi connectivity index (χ1v) is 8.18. The van der Waals surface area contributed by atoms with Crippen molar-refractivity contribution in [2.75, 3.05) is 5.32 Å². The average Bonchev–Trinajstić information content (AvgIpc) is 2.92. The van der Waals surface area contributed by atoms with Crippen LogP contribution in [0.2, 0.25) is 0 Å². The summed E-state index contributed by atoms with van der Waals surface area (Å²) in [6, 6.07) is 17.7. The van der Waals surface area contributed by atoms with Crippen LogP contribution in [0.25, 0.3) is 22.2 Å². The minimum absolute atomic E-state index is 0.109. The van der Waals surface area contributed by atoms with Crippen molar-refractivity contribution in [2.24, 2.45) is 5.92 Å². The van der Waals surface area contributed by atoms with E-state index in [2.05, 4.69) is 16.4 Å². The molecule has 1 aliphatic carbocycles. The third-order valence-corrected chi connectivity index (χ3v) is 4.73. The zero-order valence-electron chi connectivity index (χ0n) is 13.2. The number of carbonyl (C=O) groups is 1. The lowest BCUT2D eigenvalue weighted by Gasteiger charge is -2.24. The van der Waals surface area contributed by atoms with Crippen molar-refractivity contribution in [2.45, 2.75) is 19.3 Å². The molecule has 1 amide bonds. The molecule has 0 bridgehead atoms. The first-order valence-electron chi connectivity index (χ1n) is 8.18. The fourth-order valence-electron chi connectivity index (χ4n) is 3.11. The van der Waals surface area contributed by atoms with Gasteiger partial charge < -0.3 is 10.3 Å². The van der Waals surface area contributed by atoms with Gasteiger partial charge in [-0.05, 0) is 36.6 Å². The fraction of sp³-hybridized carbons (Fsp3) is 0.200. The van der Waals surface area contributed by atoms with Gasteiger partial charge in [-0.15, -0.1) is 0 Å². The summed E-state index contributed by atoms with van der Waals surface area (Å²) in [5.74, 6) is 0.279. The number of aromatic nitrogens is 1. The summed E-state index contributed by atoms with van der Waals surface area (Å²) in [5, 5.41) is 13.4. The number of carbonyl (C=O) groups excluding carboxylic acids is 1. The molecule has 118 valence electrons. The highest BCUT2D eigenvalue weighted by Gasteiger charge is 2.25. The number of para-hydroxylation sites is 1. The molecule has 3 aromatic rings. The first kappa shape index (κ1) is 14.5. The van der Waals surface area contributed by atoms with Crippen LogP contribution in [-0.4, -0.2) is 10.9 Å². The van der Waals surface area contributed by atoms with Gasteiger partial charge in [-0.1, -0.05) is 36.8 Å². The molecule has 2 N–H and O–H groups in total. The lowest BCUT2D eigenvalue weighted by molar-refractivity contribution is -0.122.